The Morgan fingerprint density at radius 1 is 1.24 bits per heavy atom. The highest BCUT2D eigenvalue weighted by Crippen LogP contribution is 2.23. The number of ether oxygens (including phenoxy) is 1. The third kappa shape index (κ3) is 6.40. The van der Waals surface area contributed by atoms with Crippen LogP contribution in [0.15, 0.2) is 29.3 Å². The van der Waals surface area contributed by atoms with Gasteiger partial charge in [0.15, 0.2) is 5.96 Å². The molecule has 3 rings (SSSR count). The van der Waals surface area contributed by atoms with Gasteiger partial charge in [-0.2, -0.15) is 0 Å². The maximum Gasteiger partial charge on any atom is 0.191 e. The predicted octanol–water partition coefficient (Wildman–Crippen LogP) is 3.19. The highest BCUT2D eigenvalue weighted by molar-refractivity contribution is 7.11. The van der Waals surface area contributed by atoms with Crippen LogP contribution in [0.25, 0.3) is 0 Å². The molecule has 0 amide bonds. The number of hydrogen-bond donors (Lipinski definition) is 2. The van der Waals surface area contributed by atoms with E-state index in [4.69, 9.17) is 16.3 Å². The van der Waals surface area contributed by atoms with Crippen molar-refractivity contribution in [1.82, 2.24) is 20.5 Å². The van der Waals surface area contributed by atoms with Gasteiger partial charge in [0.25, 0.3) is 0 Å². The molecule has 0 saturated carbocycles. The average Bonchev–Trinajstić information content (AvgIpc) is 3.06. The Hall–Kier alpha value is -1.67. The molecule has 29 heavy (non-hydrogen) atoms. The number of guanidine groups is 1. The fourth-order valence-corrected chi connectivity index (χ4v) is 4.44. The van der Waals surface area contributed by atoms with Crippen LogP contribution in [0, 0.1) is 13.8 Å². The Kier molecular flexibility index (Phi) is 8.29. The van der Waals surface area contributed by atoms with Crippen LogP contribution in [0.1, 0.15) is 27.2 Å². The number of thiazole rings is 1. The number of rotatable bonds is 7. The van der Waals surface area contributed by atoms with Crippen LogP contribution in [-0.2, 0) is 11.2 Å². The molecule has 6 nitrogen and oxygen atoms in total. The van der Waals surface area contributed by atoms with Crippen LogP contribution in [0.2, 0.25) is 5.02 Å². The lowest BCUT2D eigenvalue weighted by atomic mass is 10.0. The molecule has 1 saturated heterocycles. The molecule has 0 radical (unpaired) electrons. The van der Waals surface area contributed by atoms with Crippen molar-refractivity contribution in [2.45, 2.75) is 26.3 Å². The summed E-state index contributed by atoms with van der Waals surface area (Å²) in [7, 11) is 1.80. The number of benzene rings is 1. The van der Waals surface area contributed by atoms with Gasteiger partial charge in [-0.1, -0.05) is 23.7 Å². The summed E-state index contributed by atoms with van der Waals surface area (Å²) in [6, 6.07) is 8.35. The third-order valence-corrected chi connectivity index (χ3v) is 6.52. The first-order chi connectivity index (χ1) is 14.1. The van der Waals surface area contributed by atoms with E-state index in [0.717, 1.165) is 67.5 Å². The molecule has 0 spiro atoms. The smallest absolute Gasteiger partial charge is 0.191 e. The Morgan fingerprint density at radius 2 is 1.97 bits per heavy atom. The van der Waals surface area contributed by atoms with Gasteiger partial charge in [0, 0.05) is 49.5 Å². The van der Waals surface area contributed by atoms with Gasteiger partial charge in [-0.3, -0.25) is 9.89 Å². The summed E-state index contributed by atoms with van der Waals surface area (Å²) >= 11 is 7.86. The van der Waals surface area contributed by atoms with Crippen LogP contribution >= 0.6 is 22.9 Å². The van der Waals surface area contributed by atoms with Gasteiger partial charge < -0.3 is 15.4 Å². The van der Waals surface area contributed by atoms with E-state index in [2.05, 4.69) is 51.5 Å². The molecule has 0 bridgehead atoms. The molecule has 1 unspecified atom stereocenters. The summed E-state index contributed by atoms with van der Waals surface area (Å²) < 4.78 is 5.53. The number of morpholine rings is 1. The zero-order chi connectivity index (χ0) is 20.6. The minimum atomic E-state index is 0.235. The van der Waals surface area contributed by atoms with Crippen molar-refractivity contribution in [3.8, 4) is 0 Å². The van der Waals surface area contributed by atoms with E-state index in [1.165, 1.54) is 10.4 Å². The number of aliphatic imine (C=N–C) groups is 1. The lowest BCUT2D eigenvalue weighted by Gasteiger charge is -2.35. The highest BCUT2D eigenvalue weighted by Gasteiger charge is 2.23. The van der Waals surface area contributed by atoms with E-state index in [9.17, 15) is 0 Å². The van der Waals surface area contributed by atoms with Gasteiger partial charge in [0.2, 0.25) is 0 Å². The lowest BCUT2D eigenvalue weighted by Crippen LogP contribution is -2.46. The SMILES string of the molecule is CN=C(NCCc1nc(C)c(C)s1)NCC(c1ccc(Cl)cc1)N1CCOCC1. The van der Waals surface area contributed by atoms with E-state index in [1.54, 1.807) is 18.4 Å². The van der Waals surface area contributed by atoms with Crippen LogP contribution in [-0.4, -0.2) is 62.3 Å². The van der Waals surface area contributed by atoms with E-state index >= 15 is 0 Å². The monoisotopic (exact) mass is 435 g/mol. The molecule has 2 heterocycles. The predicted molar refractivity (Wildman–Crippen MR) is 121 cm³/mol. The molecule has 1 fully saturated rings. The minimum absolute atomic E-state index is 0.235. The Labute approximate surface area is 182 Å². The average molecular weight is 436 g/mol. The van der Waals surface area contributed by atoms with Crippen LogP contribution < -0.4 is 10.6 Å². The standard InChI is InChI=1S/C21H30ClN5OS/c1-15-16(2)29-20(26-15)8-9-24-21(23-3)25-14-19(27-10-12-28-13-11-27)17-4-6-18(22)7-5-17/h4-7,19H,8-14H2,1-3H3,(H2,23,24,25). The first kappa shape index (κ1) is 22.0. The molecule has 1 atom stereocenters. The largest absolute Gasteiger partial charge is 0.379 e. The fourth-order valence-electron chi connectivity index (χ4n) is 3.38. The second kappa shape index (κ2) is 10.9. The minimum Gasteiger partial charge on any atom is -0.379 e. The van der Waals surface area contributed by atoms with Crippen LogP contribution in [0.4, 0.5) is 0 Å². The first-order valence-corrected chi connectivity index (χ1v) is 11.2. The second-order valence-electron chi connectivity index (χ2n) is 7.09. The van der Waals surface area contributed by atoms with Gasteiger partial charge in [0.1, 0.15) is 0 Å². The molecule has 1 aliphatic rings. The van der Waals surface area contributed by atoms with E-state index in [1.807, 2.05) is 12.1 Å². The van der Waals surface area contributed by atoms with Crippen molar-refractivity contribution in [2.24, 2.45) is 4.99 Å². The summed E-state index contributed by atoms with van der Waals surface area (Å²) in [6.07, 6.45) is 0.893. The molecular formula is C21H30ClN5OS. The molecule has 158 valence electrons. The van der Waals surface area contributed by atoms with Crippen molar-refractivity contribution in [3.05, 3.63) is 50.4 Å². The van der Waals surface area contributed by atoms with Gasteiger partial charge in [-0.25, -0.2) is 4.98 Å². The summed E-state index contributed by atoms with van der Waals surface area (Å²) in [4.78, 5) is 12.7. The summed E-state index contributed by atoms with van der Waals surface area (Å²) in [5.41, 5.74) is 2.37. The van der Waals surface area contributed by atoms with E-state index in [0.29, 0.717) is 0 Å². The highest BCUT2D eigenvalue weighted by atomic mass is 35.5. The quantitative estimate of drug-likeness (QED) is 0.516. The number of hydrogen-bond acceptors (Lipinski definition) is 5. The Balaban J connectivity index is 1.56. The van der Waals surface area contributed by atoms with Gasteiger partial charge >= 0.3 is 0 Å². The molecule has 2 N–H and O–H groups in total. The van der Waals surface area contributed by atoms with Crippen molar-refractivity contribution >= 4 is 28.9 Å². The fraction of sp³-hybridized carbons (Fsp3) is 0.524. The molecule has 1 aromatic carbocycles. The maximum absolute atomic E-state index is 6.09. The molecular weight excluding hydrogens is 406 g/mol. The van der Waals surface area contributed by atoms with Crippen molar-refractivity contribution in [2.75, 3.05) is 46.4 Å². The summed E-state index contributed by atoms with van der Waals surface area (Å²) in [5.74, 6) is 0.808. The summed E-state index contributed by atoms with van der Waals surface area (Å²) in [5, 5.41) is 8.82. The molecule has 1 aliphatic heterocycles. The van der Waals surface area contributed by atoms with Crippen molar-refractivity contribution in [3.63, 3.8) is 0 Å². The topological polar surface area (TPSA) is 61.8 Å². The van der Waals surface area contributed by atoms with E-state index < -0.39 is 0 Å². The number of nitrogens with one attached hydrogen (secondary N) is 2. The number of aromatic nitrogens is 1. The first-order valence-electron chi connectivity index (χ1n) is 10.0. The second-order valence-corrected chi connectivity index (χ2v) is 8.82. The van der Waals surface area contributed by atoms with E-state index in [-0.39, 0.29) is 6.04 Å². The summed E-state index contributed by atoms with van der Waals surface area (Å²) in [6.45, 7) is 9.12. The zero-order valence-electron chi connectivity index (χ0n) is 17.4. The van der Waals surface area contributed by atoms with Crippen LogP contribution in [0.3, 0.4) is 0 Å². The van der Waals surface area contributed by atoms with Crippen molar-refractivity contribution in [1.29, 1.82) is 0 Å². The number of nitrogens with zero attached hydrogens (tertiary/aromatic N) is 3. The molecule has 2 aromatic rings. The van der Waals surface area contributed by atoms with Crippen LogP contribution in [0.5, 0.6) is 0 Å². The lowest BCUT2D eigenvalue weighted by molar-refractivity contribution is 0.0170. The molecule has 8 heteroatoms. The van der Waals surface area contributed by atoms with Gasteiger partial charge in [0.05, 0.1) is 30.0 Å². The van der Waals surface area contributed by atoms with Crippen molar-refractivity contribution < 1.29 is 4.74 Å². The maximum atomic E-state index is 6.09. The molecule has 0 aliphatic carbocycles. The number of halogens is 1. The Morgan fingerprint density at radius 3 is 2.59 bits per heavy atom. The van der Waals surface area contributed by atoms with Gasteiger partial charge in [-0.05, 0) is 31.5 Å². The number of aryl methyl sites for hydroxylation is 2. The Bertz CT molecular complexity index is 782. The molecule has 1 aromatic heterocycles. The normalized spacial score (nSPS) is 16.6. The zero-order valence-corrected chi connectivity index (χ0v) is 18.9. The third-order valence-electron chi connectivity index (χ3n) is 5.13. The van der Waals surface area contributed by atoms with Gasteiger partial charge in [-0.15, -0.1) is 11.3 Å².